The molecule has 0 atom stereocenters. The van der Waals surface area contributed by atoms with Crippen LogP contribution in [0.5, 0.6) is 0 Å². The van der Waals surface area contributed by atoms with Crippen LogP contribution in [0.1, 0.15) is 5.56 Å². The first-order chi connectivity index (χ1) is 14.4. The SMILES string of the molecule is CN(/N=C(\C=C(/C=O)C(=O)NC(CO)CO)c1ccc(Cl)cc1)c1cccc(F)c1. The van der Waals surface area contributed by atoms with Crippen molar-refractivity contribution in [2.45, 2.75) is 6.04 Å². The number of nitrogens with zero attached hydrogens (tertiary/aromatic N) is 2. The molecule has 0 aliphatic rings. The minimum absolute atomic E-state index is 0.236. The molecule has 2 aromatic carbocycles. The molecule has 0 unspecified atom stereocenters. The first-order valence-corrected chi connectivity index (χ1v) is 9.29. The first kappa shape index (κ1) is 23.2. The molecule has 7 nitrogen and oxygen atoms in total. The second-order valence-electron chi connectivity index (χ2n) is 6.25. The van der Waals surface area contributed by atoms with E-state index in [4.69, 9.17) is 21.8 Å². The Morgan fingerprint density at radius 3 is 2.47 bits per heavy atom. The number of aliphatic hydroxyl groups excluding tert-OH is 2. The fourth-order valence-electron chi connectivity index (χ4n) is 2.41. The summed E-state index contributed by atoms with van der Waals surface area (Å²) in [4.78, 5) is 23.9. The van der Waals surface area contributed by atoms with E-state index in [1.807, 2.05) is 0 Å². The fraction of sp³-hybridized carbons (Fsp3) is 0.190. The number of carbonyl (C=O) groups excluding carboxylic acids is 2. The molecule has 0 heterocycles. The minimum atomic E-state index is -0.910. The van der Waals surface area contributed by atoms with Gasteiger partial charge in [-0.2, -0.15) is 5.10 Å². The number of hydrazone groups is 1. The molecule has 30 heavy (non-hydrogen) atoms. The summed E-state index contributed by atoms with van der Waals surface area (Å²) in [5.41, 5.74) is 0.965. The molecule has 0 aromatic heterocycles. The normalized spacial score (nSPS) is 12.1. The van der Waals surface area contributed by atoms with Crippen molar-refractivity contribution in [2.75, 3.05) is 25.3 Å². The summed E-state index contributed by atoms with van der Waals surface area (Å²) in [6.45, 7) is -0.983. The number of aliphatic hydroxyl groups is 2. The van der Waals surface area contributed by atoms with Crippen molar-refractivity contribution >= 4 is 35.2 Å². The van der Waals surface area contributed by atoms with Gasteiger partial charge in [0, 0.05) is 17.6 Å². The van der Waals surface area contributed by atoms with Crippen molar-refractivity contribution in [3.63, 3.8) is 0 Å². The summed E-state index contributed by atoms with van der Waals surface area (Å²) >= 11 is 5.93. The summed E-state index contributed by atoms with van der Waals surface area (Å²) in [5.74, 6) is -1.22. The number of rotatable bonds is 9. The molecule has 3 N–H and O–H groups in total. The molecule has 0 spiro atoms. The van der Waals surface area contributed by atoms with Crippen molar-refractivity contribution in [1.82, 2.24) is 5.32 Å². The third-order valence-electron chi connectivity index (χ3n) is 4.04. The van der Waals surface area contributed by atoms with Gasteiger partial charge in [0.2, 0.25) is 0 Å². The second kappa shape index (κ2) is 11.2. The lowest BCUT2D eigenvalue weighted by Crippen LogP contribution is -2.41. The van der Waals surface area contributed by atoms with Crippen LogP contribution in [-0.2, 0) is 9.59 Å². The van der Waals surface area contributed by atoms with Gasteiger partial charge in [0.15, 0.2) is 6.29 Å². The molecule has 0 saturated heterocycles. The van der Waals surface area contributed by atoms with Gasteiger partial charge in [-0.3, -0.25) is 14.6 Å². The number of anilines is 1. The monoisotopic (exact) mass is 433 g/mol. The molecule has 0 fully saturated rings. The fourth-order valence-corrected chi connectivity index (χ4v) is 2.53. The lowest BCUT2D eigenvalue weighted by atomic mass is 10.1. The molecule has 1 amide bonds. The zero-order valence-electron chi connectivity index (χ0n) is 16.1. The number of hydrogen-bond acceptors (Lipinski definition) is 6. The van der Waals surface area contributed by atoms with E-state index >= 15 is 0 Å². The van der Waals surface area contributed by atoms with Crippen molar-refractivity contribution in [1.29, 1.82) is 0 Å². The van der Waals surface area contributed by atoms with E-state index in [2.05, 4.69) is 10.4 Å². The van der Waals surface area contributed by atoms with Crippen LogP contribution >= 0.6 is 11.6 Å². The maximum Gasteiger partial charge on any atom is 0.255 e. The van der Waals surface area contributed by atoms with Gasteiger partial charge in [-0.15, -0.1) is 0 Å². The molecule has 0 aliphatic heterocycles. The molecule has 0 radical (unpaired) electrons. The quantitative estimate of drug-likeness (QED) is 0.140. The van der Waals surface area contributed by atoms with E-state index in [-0.39, 0.29) is 11.3 Å². The highest BCUT2D eigenvalue weighted by atomic mass is 35.5. The Labute approximate surface area is 178 Å². The second-order valence-corrected chi connectivity index (χ2v) is 6.69. The predicted molar refractivity (Wildman–Crippen MR) is 113 cm³/mol. The number of carbonyl (C=O) groups is 2. The standard InChI is InChI=1S/C21H21ClFN3O4/c1-26(19-4-2-3-17(23)10-19)25-20(14-5-7-16(22)8-6-14)9-15(11-27)21(30)24-18(12-28)13-29/h2-11,18,28-29H,12-13H2,1H3,(H,24,30)/b15-9+,25-20+. The number of hydrogen-bond donors (Lipinski definition) is 3. The maximum atomic E-state index is 13.5. The van der Waals surface area contributed by atoms with Crippen molar-refractivity contribution in [2.24, 2.45) is 5.10 Å². The Bertz CT molecular complexity index is 944. The van der Waals surface area contributed by atoms with Crippen LogP contribution < -0.4 is 10.3 Å². The van der Waals surface area contributed by atoms with Gasteiger partial charge in [0.1, 0.15) is 5.82 Å². The summed E-state index contributed by atoms with van der Waals surface area (Å²) in [5, 5.41) is 26.9. The van der Waals surface area contributed by atoms with Crippen LogP contribution in [-0.4, -0.2) is 54.4 Å². The third kappa shape index (κ3) is 6.48. The van der Waals surface area contributed by atoms with Crippen LogP contribution in [0.4, 0.5) is 10.1 Å². The highest BCUT2D eigenvalue weighted by Gasteiger charge is 2.16. The Kier molecular flexibility index (Phi) is 8.67. The zero-order valence-corrected chi connectivity index (χ0v) is 16.9. The molecular weight excluding hydrogens is 413 g/mol. The molecule has 158 valence electrons. The number of allylic oxidation sites excluding steroid dienone is 1. The predicted octanol–water partition coefficient (Wildman–Crippen LogP) is 1.91. The molecule has 9 heteroatoms. The number of aldehydes is 1. The van der Waals surface area contributed by atoms with Crippen molar-refractivity contribution in [3.8, 4) is 0 Å². The Morgan fingerprint density at radius 2 is 1.90 bits per heavy atom. The Balaban J connectivity index is 2.46. The molecule has 0 aliphatic carbocycles. The van der Waals surface area contributed by atoms with Gasteiger partial charge in [0.05, 0.1) is 36.2 Å². The molecule has 2 aromatic rings. The average Bonchev–Trinajstić information content (AvgIpc) is 2.75. The summed E-state index contributed by atoms with van der Waals surface area (Å²) in [6, 6.07) is 11.4. The van der Waals surface area contributed by atoms with Gasteiger partial charge in [-0.1, -0.05) is 29.8 Å². The zero-order chi connectivity index (χ0) is 22.1. The van der Waals surface area contributed by atoms with Crippen LogP contribution in [0.2, 0.25) is 5.02 Å². The third-order valence-corrected chi connectivity index (χ3v) is 4.29. The van der Waals surface area contributed by atoms with Crippen LogP contribution in [0.15, 0.2) is 65.3 Å². The highest BCUT2D eigenvalue weighted by molar-refractivity contribution is 6.30. The Hall–Kier alpha value is -3.07. The minimum Gasteiger partial charge on any atom is -0.394 e. The lowest BCUT2D eigenvalue weighted by molar-refractivity contribution is -0.120. The van der Waals surface area contributed by atoms with Crippen molar-refractivity contribution in [3.05, 3.63) is 76.6 Å². The lowest BCUT2D eigenvalue weighted by Gasteiger charge is -2.16. The van der Waals surface area contributed by atoms with Gasteiger partial charge in [-0.05, 0) is 36.4 Å². The van der Waals surface area contributed by atoms with Gasteiger partial charge in [0.25, 0.3) is 5.91 Å². The summed E-state index contributed by atoms with van der Waals surface area (Å²) in [6.07, 6.45) is 1.60. The topological polar surface area (TPSA) is 102 Å². The smallest absolute Gasteiger partial charge is 0.255 e. The molecule has 0 bridgehead atoms. The van der Waals surface area contributed by atoms with E-state index in [1.54, 1.807) is 37.4 Å². The Morgan fingerprint density at radius 1 is 1.23 bits per heavy atom. The maximum absolute atomic E-state index is 13.5. The van der Waals surface area contributed by atoms with E-state index in [1.165, 1.54) is 29.3 Å². The number of amides is 1. The van der Waals surface area contributed by atoms with Gasteiger partial charge >= 0.3 is 0 Å². The van der Waals surface area contributed by atoms with Crippen LogP contribution in [0.3, 0.4) is 0 Å². The van der Waals surface area contributed by atoms with Crippen molar-refractivity contribution < 1.29 is 24.2 Å². The molecule has 2 rings (SSSR count). The number of halogens is 2. The number of benzene rings is 2. The average molecular weight is 434 g/mol. The van der Waals surface area contributed by atoms with E-state index in [9.17, 15) is 14.0 Å². The van der Waals surface area contributed by atoms with Gasteiger partial charge in [-0.25, -0.2) is 4.39 Å². The van der Waals surface area contributed by atoms with E-state index in [0.29, 0.717) is 22.6 Å². The van der Waals surface area contributed by atoms with E-state index in [0.717, 1.165) is 0 Å². The van der Waals surface area contributed by atoms with Crippen LogP contribution in [0.25, 0.3) is 0 Å². The molecular formula is C21H21ClFN3O4. The van der Waals surface area contributed by atoms with E-state index < -0.39 is 31.0 Å². The van der Waals surface area contributed by atoms with Crippen LogP contribution in [0, 0.1) is 5.82 Å². The summed E-state index contributed by atoms with van der Waals surface area (Å²) in [7, 11) is 1.59. The largest absolute Gasteiger partial charge is 0.394 e. The summed E-state index contributed by atoms with van der Waals surface area (Å²) < 4.78 is 13.5. The first-order valence-electron chi connectivity index (χ1n) is 8.91. The number of nitrogens with one attached hydrogen (secondary N) is 1. The highest BCUT2D eigenvalue weighted by Crippen LogP contribution is 2.17. The van der Waals surface area contributed by atoms with Gasteiger partial charge < -0.3 is 15.5 Å². The molecule has 0 saturated carbocycles.